The van der Waals surface area contributed by atoms with Crippen molar-refractivity contribution in [3.8, 4) is 0 Å². The molecule has 2 rings (SSSR count). The summed E-state index contributed by atoms with van der Waals surface area (Å²) >= 11 is 6.32. The van der Waals surface area contributed by atoms with Gasteiger partial charge in [-0.05, 0) is 24.5 Å². The van der Waals surface area contributed by atoms with Crippen LogP contribution in [0.15, 0.2) is 29.2 Å². The Hall–Kier alpha value is -0.740. The van der Waals surface area contributed by atoms with Crippen molar-refractivity contribution in [3.63, 3.8) is 0 Å². The van der Waals surface area contributed by atoms with Crippen molar-refractivity contribution in [2.24, 2.45) is 5.92 Å². The van der Waals surface area contributed by atoms with Gasteiger partial charge in [0.2, 0.25) is 0 Å². The first-order valence-corrected chi connectivity index (χ1v) is 8.75. The van der Waals surface area contributed by atoms with Gasteiger partial charge >= 0.3 is 0 Å². The van der Waals surface area contributed by atoms with Crippen LogP contribution in [0, 0.1) is 5.92 Å². The minimum absolute atomic E-state index is 0.0751. The van der Waals surface area contributed by atoms with E-state index in [1.807, 2.05) is 12.1 Å². The topological polar surface area (TPSA) is 37.4 Å². The number of nitrogens with zero attached hydrogens (tertiary/aromatic N) is 1. The van der Waals surface area contributed by atoms with Crippen LogP contribution < -0.4 is 4.90 Å². The fourth-order valence-electron chi connectivity index (χ4n) is 2.38. The standard InChI is InChI=1S/C14H20ClNO2S/c1-3-19(17,18)14-7-5-4-6-13(14)16-9-8-11(2)12(15)10-16/h4-7,11-12H,3,8-10H2,1-2H3. The van der Waals surface area contributed by atoms with Crippen molar-refractivity contribution in [2.75, 3.05) is 23.7 Å². The van der Waals surface area contributed by atoms with Crippen LogP contribution in [0.3, 0.4) is 0 Å². The Morgan fingerprint density at radius 2 is 2.05 bits per heavy atom. The molecule has 1 aromatic carbocycles. The van der Waals surface area contributed by atoms with Crippen molar-refractivity contribution in [3.05, 3.63) is 24.3 Å². The second-order valence-electron chi connectivity index (χ2n) is 5.10. The molecule has 19 heavy (non-hydrogen) atoms. The molecule has 0 aliphatic carbocycles. The van der Waals surface area contributed by atoms with E-state index in [4.69, 9.17) is 11.6 Å². The van der Waals surface area contributed by atoms with E-state index in [9.17, 15) is 8.42 Å². The first-order chi connectivity index (χ1) is 8.95. The van der Waals surface area contributed by atoms with E-state index >= 15 is 0 Å². The van der Waals surface area contributed by atoms with Gasteiger partial charge < -0.3 is 4.90 Å². The van der Waals surface area contributed by atoms with E-state index in [-0.39, 0.29) is 11.1 Å². The SMILES string of the molecule is CCS(=O)(=O)c1ccccc1N1CCC(C)C(Cl)C1. The van der Waals surface area contributed by atoms with E-state index in [0.29, 0.717) is 17.4 Å². The summed E-state index contributed by atoms with van der Waals surface area (Å²) in [5, 5.41) is 0.0751. The predicted octanol–water partition coefficient (Wildman–Crippen LogP) is 2.93. The average Bonchev–Trinajstić information content (AvgIpc) is 2.42. The maximum atomic E-state index is 12.2. The molecule has 0 N–H and O–H groups in total. The van der Waals surface area contributed by atoms with Crippen LogP contribution in [0.4, 0.5) is 5.69 Å². The number of rotatable bonds is 3. The number of halogens is 1. The van der Waals surface area contributed by atoms with Gasteiger partial charge in [-0.2, -0.15) is 0 Å². The summed E-state index contributed by atoms with van der Waals surface area (Å²) in [7, 11) is -3.19. The Kier molecular flexibility index (Phi) is 4.41. The molecule has 0 aromatic heterocycles. The highest BCUT2D eigenvalue weighted by molar-refractivity contribution is 7.91. The van der Waals surface area contributed by atoms with E-state index in [0.717, 1.165) is 18.7 Å². The molecule has 1 aliphatic rings. The molecule has 1 aromatic rings. The molecule has 1 aliphatic heterocycles. The van der Waals surface area contributed by atoms with Crippen LogP contribution in [-0.2, 0) is 9.84 Å². The lowest BCUT2D eigenvalue weighted by molar-refractivity contribution is 0.444. The number of sulfone groups is 1. The predicted molar refractivity (Wildman–Crippen MR) is 79.8 cm³/mol. The molecule has 0 amide bonds. The molecule has 2 unspecified atom stereocenters. The molecule has 0 bridgehead atoms. The molecule has 1 saturated heterocycles. The van der Waals surface area contributed by atoms with Crippen molar-refractivity contribution < 1.29 is 8.42 Å². The first kappa shape index (κ1) is 14.7. The largest absolute Gasteiger partial charge is 0.369 e. The highest BCUT2D eigenvalue weighted by atomic mass is 35.5. The molecule has 1 heterocycles. The molecular formula is C14H20ClNO2S. The fourth-order valence-corrected chi connectivity index (χ4v) is 3.78. The third kappa shape index (κ3) is 3.06. The monoisotopic (exact) mass is 301 g/mol. The zero-order chi connectivity index (χ0) is 14.0. The van der Waals surface area contributed by atoms with Gasteiger partial charge in [0.1, 0.15) is 0 Å². The summed E-state index contributed by atoms with van der Waals surface area (Å²) in [5.41, 5.74) is 0.793. The van der Waals surface area contributed by atoms with Gasteiger partial charge in [0.15, 0.2) is 9.84 Å². The van der Waals surface area contributed by atoms with Gasteiger partial charge in [-0.15, -0.1) is 11.6 Å². The highest BCUT2D eigenvalue weighted by Crippen LogP contribution is 2.31. The van der Waals surface area contributed by atoms with Gasteiger partial charge in [0.25, 0.3) is 0 Å². The summed E-state index contributed by atoms with van der Waals surface area (Å²) in [6, 6.07) is 7.22. The van der Waals surface area contributed by atoms with E-state index in [2.05, 4.69) is 11.8 Å². The summed E-state index contributed by atoms with van der Waals surface area (Å²) in [5.74, 6) is 0.603. The van der Waals surface area contributed by atoms with E-state index < -0.39 is 9.84 Å². The third-order valence-corrected chi connectivity index (χ3v) is 6.13. The Labute approximate surface area is 120 Å². The smallest absolute Gasteiger partial charge is 0.180 e. The van der Waals surface area contributed by atoms with Gasteiger partial charge in [-0.3, -0.25) is 0 Å². The lowest BCUT2D eigenvalue weighted by Gasteiger charge is -2.36. The summed E-state index contributed by atoms with van der Waals surface area (Å²) in [4.78, 5) is 2.52. The number of para-hydroxylation sites is 1. The number of benzene rings is 1. The normalized spacial score (nSPS) is 24.5. The fraction of sp³-hybridized carbons (Fsp3) is 0.571. The maximum absolute atomic E-state index is 12.2. The molecule has 0 saturated carbocycles. The van der Waals surface area contributed by atoms with Crippen LogP contribution in [-0.4, -0.2) is 32.6 Å². The molecule has 106 valence electrons. The van der Waals surface area contributed by atoms with E-state index in [1.165, 1.54) is 0 Å². The lowest BCUT2D eigenvalue weighted by Crippen LogP contribution is -2.41. The minimum Gasteiger partial charge on any atom is -0.369 e. The van der Waals surface area contributed by atoms with Crippen molar-refractivity contribution in [1.29, 1.82) is 0 Å². The van der Waals surface area contributed by atoms with Crippen LogP contribution in [0.25, 0.3) is 0 Å². The van der Waals surface area contributed by atoms with Crippen LogP contribution in [0.1, 0.15) is 20.3 Å². The van der Waals surface area contributed by atoms with Crippen molar-refractivity contribution in [2.45, 2.75) is 30.5 Å². The number of alkyl halides is 1. The third-order valence-electron chi connectivity index (χ3n) is 3.79. The minimum atomic E-state index is -3.19. The highest BCUT2D eigenvalue weighted by Gasteiger charge is 2.27. The second kappa shape index (κ2) is 5.71. The Morgan fingerprint density at radius 3 is 2.68 bits per heavy atom. The van der Waals surface area contributed by atoms with Gasteiger partial charge in [-0.25, -0.2) is 8.42 Å². The number of anilines is 1. The molecule has 2 atom stereocenters. The van der Waals surface area contributed by atoms with Gasteiger partial charge in [0.05, 0.1) is 21.7 Å². The molecule has 0 radical (unpaired) electrons. The number of piperidine rings is 1. The lowest BCUT2D eigenvalue weighted by atomic mass is 9.98. The summed E-state index contributed by atoms with van der Waals surface area (Å²) in [6.07, 6.45) is 0.995. The zero-order valence-electron chi connectivity index (χ0n) is 11.3. The molecule has 3 nitrogen and oxygen atoms in total. The summed E-state index contributed by atoms with van der Waals surface area (Å²) < 4.78 is 24.3. The molecule has 5 heteroatoms. The van der Waals surface area contributed by atoms with Crippen molar-refractivity contribution >= 4 is 27.1 Å². The quantitative estimate of drug-likeness (QED) is 0.806. The maximum Gasteiger partial charge on any atom is 0.180 e. The first-order valence-electron chi connectivity index (χ1n) is 6.66. The average molecular weight is 302 g/mol. The Bertz CT molecular complexity index is 544. The molecule has 1 fully saturated rings. The number of hydrogen-bond acceptors (Lipinski definition) is 3. The van der Waals surface area contributed by atoms with Gasteiger partial charge in [0, 0.05) is 13.1 Å². The molecule has 0 spiro atoms. The number of hydrogen-bond donors (Lipinski definition) is 0. The van der Waals surface area contributed by atoms with Gasteiger partial charge in [-0.1, -0.05) is 26.0 Å². The van der Waals surface area contributed by atoms with Crippen LogP contribution in [0.5, 0.6) is 0 Å². The summed E-state index contributed by atoms with van der Waals surface area (Å²) in [6.45, 7) is 5.39. The van der Waals surface area contributed by atoms with Crippen LogP contribution >= 0.6 is 11.6 Å². The second-order valence-corrected chi connectivity index (χ2v) is 7.91. The zero-order valence-corrected chi connectivity index (χ0v) is 12.9. The molecular weight excluding hydrogens is 282 g/mol. The van der Waals surface area contributed by atoms with Crippen molar-refractivity contribution in [1.82, 2.24) is 0 Å². The van der Waals surface area contributed by atoms with E-state index in [1.54, 1.807) is 19.1 Å². The Balaban J connectivity index is 2.36. The van der Waals surface area contributed by atoms with Crippen LogP contribution in [0.2, 0.25) is 0 Å². The Morgan fingerprint density at radius 1 is 1.37 bits per heavy atom.